The molecule has 2 amide bonds. The summed E-state index contributed by atoms with van der Waals surface area (Å²) in [5.41, 5.74) is 2.02. The van der Waals surface area contributed by atoms with Crippen molar-refractivity contribution in [1.29, 1.82) is 0 Å². The predicted molar refractivity (Wildman–Crippen MR) is 103 cm³/mol. The molecule has 0 spiro atoms. The van der Waals surface area contributed by atoms with Gasteiger partial charge in [-0.2, -0.15) is 0 Å². The average Bonchev–Trinajstić information content (AvgIpc) is 3.05. The number of methoxy groups -OCH3 is 1. The maximum Gasteiger partial charge on any atom is 0.263 e. The smallest absolute Gasteiger partial charge is 0.263 e. The minimum absolute atomic E-state index is 0.0645. The Morgan fingerprint density at radius 1 is 1.12 bits per heavy atom. The molecule has 0 N–H and O–H groups in total. The van der Waals surface area contributed by atoms with Gasteiger partial charge in [0.15, 0.2) is 0 Å². The first kappa shape index (κ1) is 18.5. The molecule has 26 heavy (non-hydrogen) atoms. The van der Waals surface area contributed by atoms with Crippen LogP contribution in [-0.2, 0) is 11.2 Å². The van der Waals surface area contributed by atoms with Crippen molar-refractivity contribution in [1.82, 2.24) is 9.80 Å². The van der Waals surface area contributed by atoms with Gasteiger partial charge < -0.3 is 14.5 Å². The third-order valence-corrected chi connectivity index (χ3v) is 5.50. The second-order valence-electron chi connectivity index (χ2n) is 6.50. The minimum Gasteiger partial charge on any atom is -0.496 e. The van der Waals surface area contributed by atoms with Crippen molar-refractivity contribution in [2.24, 2.45) is 0 Å². The summed E-state index contributed by atoms with van der Waals surface area (Å²) >= 11 is 1.46. The summed E-state index contributed by atoms with van der Waals surface area (Å²) in [5.74, 6) is 0.891. The number of nitrogens with zero attached hydrogens (tertiary/aromatic N) is 2. The van der Waals surface area contributed by atoms with Gasteiger partial charge in [0.05, 0.1) is 18.4 Å². The van der Waals surface area contributed by atoms with Crippen LogP contribution in [0.5, 0.6) is 5.75 Å². The summed E-state index contributed by atoms with van der Waals surface area (Å²) in [5, 5.41) is 1.91. The van der Waals surface area contributed by atoms with E-state index in [1.165, 1.54) is 11.3 Å². The van der Waals surface area contributed by atoms with Gasteiger partial charge in [-0.15, -0.1) is 11.3 Å². The molecule has 0 saturated carbocycles. The second-order valence-corrected chi connectivity index (χ2v) is 7.44. The SMILES string of the molecule is COc1ccc(C)cc1CC(=O)N1CCCN(C(=O)c2cccs2)CC1. The van der Waals surface area contributed by atoms with Gasteiger partial charge in [0.25, 0.3) is 5.91 Å². The molecule has 1 aromatic carbocycles. The number of carbonyl (C=O) groups excluding carboxylic acids is 2. The number of hydrogen-bond acceptors (Lipinski definition) is 4. The van der Waals surface area contributed by atoms with E-state index in [1.807, 2.05) is 52.4 Å². The first-order chi connectivity index (χ1) is 12.6. The van der Waals surface area contributed by atoms with Crippen LogP contribution in [0.4, 0.5) is 0 Å². The van der Waals surface area contributed by atoms with Crippen LogP contribution in [0.25, 0.3) is 0 Å². The highest BCUT2D eigenvalue weighted by atomic mass is 32.1. The highest BCUT2D eigenvalue weighted by Crippen LogP contribution is 2.21. The molecule has 3 rings (SSSR count). The van der Waals surface area contributed by atoms with E-state index in [-0.39, 0.29) is 11.8 Å². The molecule has 0 aliphatic carbocycles. The first-order valence-electron chi connectivity index (χ1n) is 8.82. The Labute approximate surface area is 158 Å². The van der Waals surface area contributed by atoms with Gasteiger partial charge in [0.1, 0.15) is 5.75 Å². The van der Waals surface area contributed by atoms with Gasteiger partial charge in [0.2, 0.25) is 5.91 Å². The zero-order valence-corrected chi connectivity index (χ0v) is 16.1. The monoisotopic (exact) mass is 372 g/mol. The second kappa shape index (κ2) is 8.36. The molecule has 0 radical (unpaired) electrons. The van der Waals surface area contributed by atoms with Crippen LogP contribution in [-0.4, -0.2) is 54.9 Å². The molecule has 0 atom stereocenters. The zero-order valence-electron chi connectivity index (χ0n) is 15.2. The van der Waals surface area contributed by atoms with E-state index in [2.05, 4.69) is 0 Å². The molecule has 1 saturated heterocycles. The van der Waals surface area contributed by atoms with E-state index < -0.39 is 0 Å². The molecule has 138 valence electrons. The van der Waals surface area contributed by atoms with Crippen LogP contribution in [0, 0.1) is 6.92 Å². The molecule has 1 fully saturated rings. The lowest BCUT2D eigenvalue weighted by Gasteiger charge is -2.22. The minimum atomic E-state index is 0.0645. The summed E-state index contributed by atoms with van der Waals surface area (Å²) in [6, 6.07) is 9.63. The largest absolute Gasteiger partial charge is 0.496 e. The third-order valence-electron chi connectivity index (χ3n) is 4.65. The fourth-order valence-corrected chi connectivity index (χ4v) is 3.94. The summed E-state index contributed by atoms with van der Waals surface area (Å²) in [6.45, 7) is 4.53. The molecule has 1 aliphatic heterocycles. The maximum absolute atomic E-state index is 12.8. The lowest BCUT2D eigenvalue weighted by molar-refractivity contribution is -0.130. The molecular weight excluding hydrogens is 348 g/mol. The lowest BCUT2D eigenvalue weighted by atomic mass is 10.1. The summed E-state index contributed by atoms with van der Waals surface area (Å²) in [6.07, 6.45) is 1.12. The number of carbonyl (C=O) groups is 2. The number of thiophene rings is 1. The number of amides is 2. The normalized spacial score (nSPS) is 14.8. The molecule has 1 aromatic heterocycles. The topological polar surface area (TPSA) is 49.9 Å². The van der Waals surface area contributed by atoms with Gasteiger partial charge in [-0.25, -0.2) is 0 Å². The van der Waals surface area contributed by atoms with Crippen LogP contribution in [0.2, 0.25) is 0 Å². The van der Waals surface area contributed by atoms with E-state index in [0.717, 1.165) is 28.2 Å². The lowest BCUT2D eigenvalue weighted by Crippen LogP contribution is -2.37. The Bertz CT molecular complexity index is 773. The Morgan fingerprint density at radius 2 is 1.88 bits per heavy atom. The van der Waals surface area contributed by atoms with Crippen molar-refractivity contribution < 1.29 is 14.3 Å². The molecule has 2 aromatic rings. The average molecular weight is 372 g/mol. The summed E-state index contributed by atoms with van der Waals surface area (Å²) in [7, 11) is 1.62. The van der Waals surface area contributed by atoms with Crippen LogP contribution >= 0.6 is 11.3 Å². The Kier molecular flexibility index (Phi) is 5.93. The quantitative estimate of drug-likeness (QED) is 0.829. The maximum atomic E-state index is 12.8. The van der Waals surface area contributed by atoms with E-state index in [0.29, 0.717) is 32.6 Å². The highest BCUT2D eigenvalue weighted by Gasteiger charge is 2.23. The van der Waals surface area contributed by atoms with E-state index in [9.17, 15) is 9.59 Å². The van der Waals surface area contributed by atoms with Gasteiger partial charge in [-0.1, -0.05) is 23.8 Å². The number of benzene rings is 1. The molecular formula is C20H24N2O3S. The number of rotatable bonds is 4. The highest BCUT2D eigenvalue weighted by molar-refractivity contribution is 7.12. The molecule has 0 unspecified atom stereocenters. The van der Waals surface area contributed by atoms with Crippen molar-refractivity contribution >= 4 is 23.2 Å². The van der Waals surface area contributed by atoms with Gasteiger partial charge >= 0.3 is 0 Å². The third kappa shape index (κ3) is 4.25. The Hall–Kier alpha value is -2.34. The van der Waals surface area contributed by atoms with Gasteiger partial charge in [-0.3, -0.25) is 9.59 Å². The van der Waals surface area contributed by atoms with E-state index in [1.54, 1.807) is 7.11 Å². The standard InChI is InChI=1S/C20H24N2O3S/c1-15-6-7-17(25-2)16(13-15)14-19(23)21-8-4-9-22(11-10-21)20(24)18-5-3-12-26-18/h3,5-7,12-13H,4,8-11,14H2,1-2H3. The Balaban J connectivity index is 1.63. The fourth-order valence-electron chi connectivity index (χ4n) is 3.25. The molecule has 6 heteroatoms. The van der Waals surface area contributed by atoms with Crippen LogP contribution < -0.4 is 4.74 Å². The van der Waals surface area contributed by atoms with Crippen molar-refractivity contribution in [3.8, 4) is 5.75 Å². The van der Waals surface area contributed by atoms with Crippen LogP contribution in [0.1, 0.15) is 27.2 Å². The van der Waals surface area contributed by atoms with Crippen LogP contribution in [0.3, 0.4) is 0 Å². The van der Waals surface area contributed by atoms with Gasteiger partial charge in [0, 0.05) is 31.7 Å². The number of aryl methyl sites for hydroxylation is 1. The molecule has 5 nitrogen and oxygen atoms in total. The summed E-state index contributed by atoms with van der Waals surface area (Å²) in [4.78, 5) is 29.8. The number of ether oxygens (including phenoxy) is 1. The van der Waals surface area contributed by atoms with Gasteiger partial charge in [-0.05, 0) is 30.9 Å². The van der Waals surface area contributed by atoms with Crippen molar-refractivity contribution in [2.45, 2.75) is 19.8 Å². The van der Waals surface area contributed by atoms with Crippen molar-refractivity contribution in [2.75, 3.05) is 33.3 Å². The molecule has 2 heterocycles. The van der Waals surface area contributed by atoms with E-state index >= 15 is 0 Å². The predicted octanol–water partition coefficient (Wildman–Crippen LogP) is 2.98. The van der Waals surface area contributed by atoms with Crippen molar-refractivity contribution in [3.05, 3.63) is 51.7 Å². The Morgan fingerprint density at radius 3 is 2.62 bits per heavy atom. The number of hydrogen-bond donors (Lipinski definition) is 0. The molecule has 1 aliphatic rings. The zero-order chi connectivity index (χ0) is 18.5. The summed E-state index contributed by atoms with van der Waals surface area (Å²) < 4.78 is 5.38. The van der Waals surface area contributed by atoms with E-state index in [4.69, 9.17) is 4.74 Å². The fraction of sp³-hybridized carbons (Fsp3) is 0.400. The molecule has 0 bridgehead atoms. The first-order valence-corrected chi connectivity index (χ1v) is 9.70. The van der Waals surface area contributed by atoms with Crippen molar-refractivity contribution in [3.63, 3.8) is 0 Å². The van der Waals surface area contributed by atoms with Crippen LogP contribution in [0.15, 0.2) is 35.7 Å².